The maximum atomic E-state index is 13.1. The molecule has 0 saturated heterocycles. The number of nitrogens with zero attached hydrogens (tertiary/aromatic N) is 4. The summed E-state index contributed by atoms with van der Waals surface area (Å²) in [5.74, 6) is -0.0174. The fraction of sp³-hybridized carbons (Fsp3) is 0.296. The van der Waals surface area contributed by atoms with Gasteiger partial charge in [0.15, 0.2) is 0 Å². The van der Waals surface area contributed by atoms with E-state index in [1.54, 1.807) is 44.9 Å². The zero-order chi connectivity index (χ0) is 27.5. The molecule has 2 heterocycles. The molecular formula is C27H29F3N6O2. The first-order valence-corrected chi connectivity index (χ1v) is 11.8. The maximum absolute atomic E-state index is 13.1. The van der Waals surface area contributed by atoms with Crippen molar-refractivity contribution in [3.05, 3.63) is 77.5 Å². The average molecular weight is 527 g/mol. The van der Waals surface area contributed by atoms with E-state index in [4.69, 9.17) is 4.74 Å². The van der Waals surface area contributed by atoms with Crippen LogP contribution in [0.3, 0.4) is 0 Å². The van der Waals surface area contributed by atoms with Crippen molar-refractivity contribution in [2.45, 2.75) is 32.4 Å². The summed E-state index contributed by atoms with van der Waals surface area (Å²) in [5, 5.41) is 5.62. The van der Waals surface area contributed by atoms with E-state index in [0.29, 0.717) is 18.1 Å². The number of pyridine rings is 1. The number of hydrogen-bond acceptors (Lipinski definition) is 7. The van der Waals surface area contributed by atoms with E-state index >= 15 is 0 Å². The molecule has 0 atom stereocenters. The number of alkyl halides is 3. The molecule has 11 heteroatoms. The number of aliphatic imine (C=N–C) groups is 1. The second-order valence-electron chi connectivity index (χ2n) is 8.38. The van der Waals surface area contributed by atoms with Crippen LogP contribution < -0.4 is 10.6 Å². The van der Waals surface area contributed by atoms with Crippen LogP contribution in [0.2, 0.25) is 0 Å². The molecule has 2 aromatic heterocycles. The summed E-state index contributed by atoms with van der Waals surface area (Å²) < 4.78 is 44.3. The van der Waals surface area contributed by atoms with E-state index in [2.05, 4.69) is 30.6 Å². The topological polar surface area (TPSA) is 101 Å². The molecular weight excluding hydrogens is 497 g/mol. The van der Waals surface area contributed by atoms with Crippen LogP contribution in [0.15, 0.2) is 65.7 Å². The first kappa shape index (κ1) is 28.5. The third kappa shape index (κ3) is 8.48. The number of halogens is 3. The molecule has 0 aliphatic heterocycles. The van der Waals surface area contributed by atoms with Crippen molar-refractivity contribution in [2.75, 3.05) is 31.4 Å². The minimum atomic E-state index is -4.54. The predicted molar refractivity (Wildman–Crippen MR) is 141 cm³/mol. The van der Waals surface area contributed by atoms with Crippen LogP contribution in [0, 0.1) is 6.92 Å². The Morgan fingerprint density at radius 3 is 2.39 bits per heavy atom. The molecule has 0 radical (unpaired) electrons. The Labute approximate surface area is 219 Å². The Kier molecular flexibility index (Phi) is 10.1. The van der Waals surface area contributed by atoms with Crippen LogP contribution in [-0.2, 0) is 22.1 Å². The summed E-state index contributed by atoms with van der Waals surface area (Å²) in [5.41, 5.74) is 2.09. The summed E-state index contributed by atoms with van der Waals surface area (Å²) in [6.07, 6.45) is 5.44. The van der Waals surface area contributed by atoms with E-state index in [1.165, 1.54) is 13.1 Å². The molecule has 8 nitrogen and oxygen atoms in total. The van der Waals surface area contributed by atoms with Gasteiger partial charge < -0.3 is 15.4 Å². The summed E-state index contributed by atoms with van der Waals surface area (Å²) in [4.78, 5) is 28.9. The number of aromatic nitrogens is 3. The Morgan fingerprint density at radius 1 is 1.05 bits per heavy atom. The second kappa shape index (κ2) is 13.4. The number of allylic oxidation sites excluding steroid dienone is 2. The van der Waals surface area contributed by atoms with E-state index in [9.17, 15) is 18.0 Å². The predicted octanol–water partition coefficient (Wildman–Crippen LogP) is 5.47. The quantitative estimate of drug-likeness (QED) is 0.254. The normalized spacial score (nSPS) is 12.1. The van der Waals surface area contributed by atoms with Crippen molar-refractivity contribution in [1.82, 2.24) is 15.0 Å². The number of nitrogens with one attached hydrogen (secondary N) is 2. The zero-order valence-corrected chi connectivity index (χ0v) is 21.3. The number of anilines is 2. The van der Waals surface area contributed by atoms with Gasteiger partial charge in [-0.05, 0) is 37.0 Å². The second-order valence-corrected chi connectivity index (χ2v) is 8.38. The van der Waals surface area contributed by atoms with E-state index in [1.807, 2.05) is 18.2 Å². The number of unbranched alkanes of at least 4 members (excludes halogenated alkanes) is 1. The van der Waals surface area contributed by atoms with Gasteiger partial charge in [-0.15, -0.1) is 0 Å². The average Bonchev–Trinajstić information content (AvgIpc) is 2.88. The van der Waals surface area contributed by atoms with E-state index in [-0.39, 0.29) is 17.8 Å². The van der Waals surface area contributed by atoms with Gasteiger partial charge in [0, 0.05) is 50.6 Å². The molecule has 0 bridgehead atoms. The van der Waals surface area contributed by atoms with Crippen LogP contribution in [0.25, 0.3) is 11.1 Å². The number of hydrogen-bond donors (Lipinski definition) is 2. The SMILES string of the molecule is C/N=C\C(=C/CCCOC)Nc1ncc(-c2ccc(CC(=O)Nc3cnc(C)c(C(F)(F)F)c3)cc2)cn1. The molecule has 0 aliphatic rings. The number of methoxy groups -OCH3 is 1. The number of carbonyl (C=O) groups is 1. The Morgan fingerprint density at radius 2 is 1.76 bits per heavy atom. The molecule has 1 aromatic carbocycles. The smallest absolute Gasteiger partial charge is 0.385 e. The molecule has 0 unspecified atom stereocenters. The molecule has 0 fully saturated rings. The van der Waals surface area contributed by atoms with Crippen molar-refractivity contribution >= 4 is 23.8 Å². The van der Waals surface area contributed by atoms with Gasteiger partial charge >= 0.3 is 6.18 Å². The number of rotatable bonds is 11. The monoisotopic (exact) mass is 526 g/mol. The molecule has 2 N–H and O–H groups in total. The van der Waals surface area contributed by atoms with Crippen molar-refractivity contribution in [2.24, 2.45) is 4.99 Å². The summed E-state index contributed by atoms with van der Waals surface area (Å²) in [7, 11) is 3.35. The van der Waals surface area contributed by atoms with Gasteiger partial charge in [-0.3, -0.25) is 14.8 Å². The van der Waals surface area contributed by atoms with Crippen molar-refractivity contribution < 1.29 is 22.7 Å². The number of benzene rings is 1. The lowest BCUT2D eigenvalue weighted by Crippen LogP contribution is -2.16. The standard InChI is InChI=1S/C27H29F3N6O2/c1-18-24(27(28,29)30)13-23(17-32-18)35-25(37)12-19-7-9-20(10-8-19)21-14-33-26(34-15-21)36-22(16-31-2)6-4-5-11-38-3/h6-10,13-17H,4-5,11-12H2,1-3H3,(H,35,37)(H,33,34,36)/b22-6+,31-16-. The lowest BCUT2D eigenvalue weighted by molar-refractivity contribution is -0.138. The van der Waals surface area contributed by atoms with Crippen LogP contribution in [0.4, 0.5) is 24.8 Å². The largest absolute Gasteiger partial charge is 0.418 e. The molecule has 0 aliphatic carbocycles. The molecule has 3 rings (SSSR count). The van der Waals surface area contributed by atoms with Gasteiger partial charge in [0.1, 0.15) is 0 Å². The lowest BCUT2D eigenvalue weighted by Gasteiger charge is -2.12. The van der Waals surface area contributed by atoms with Crippen molar-refractivity contribution in [1.29, 1.82) is 0 Å². The fourth-order valence-electron chi connectivity index (χ4n) is 3.53. The van der Waals surface area contributed by atoms with Crippen LogP contribution >= 0.6 is 0 Å². The number of ether oxygens (including phenoxy) is 1. The van der Waals surface area contributed by atoms with Gasteiger partial charge in [-0.1, -0.05) is 30.3 Å². The number of carbonyl (C=O) groups excluding carboxylic acids is 1. The van der Waals surface area contributed by atoms with Gasteiger partial charge in [0.2, 0.25) is 11.9 Å². The summed E-state index contributed by atoms with van der Waals surface area (Å²) in [6, 6.07) is 8.09. The Hall–Kier alpha value is -4.12. The first-order valence-electron chi connectivity index (χ1n) is 11.8. The Balaban J connectivity index is 1.60. The van der Waals surface area contributed by atoms with E-state index in [0.717, 1.165) is 35.7 Å². The minimum absolute atomic E-state index is 0.00594. The molecule has 3 aromatic rings. The summed E-state index contributed by atoms with van der Waals surface area (Å²) in [6.45, 7) is 1.95. The van der Waals surface area contributed by atoms with Crippen LogP contribution in [0.1, 0.15) is 29.7 Å². The molecule has 38 heavy (non-hydrogen) atoms. The highest BCUT2D eigenvalue weighted by atomic mass is 19.4. The van der Waals surface area contributed by atoms with Crippen LogP contribution in [0.5, 0.6) is 0 Å². The van der Waals surface area contributed by atoms with Gasteiger partial charge in [0.25, 0.3) is 0 Å². The van der Waals surface area contributed by atoms with Crippen molar-refractivity contribution in [3.63, 3.8) is 0 Å². The number of amides is 1. The van der Waals surface area contributed by atoms with E-state index < -0.39 is 17.6 Å². The molecule has 0 saturated carbocycles. The third-order valence-electron chi connectivity index (χ3n) is 5.42. The maximum Gasteiger partial charge on any atom is 0.418 e. The number of aryl methyl sites for hydroxylation is 1. The fourth-order valence-corrected chi connectivity index (χ4v) is 3.53. The minimum Gasteiger partial charge on any atom is -0.385 e. The van der Waals surface area contributed by atoms with Gasteiger partial charge in [-0.25, -0.2) is 9.97 Å². The highest BCUT2D eigenvalue weighted by Crippen LogP contribution is 2.32. The molecule has 200 valence electrons. The highest BCUT2D eigenvalue weighted by molar-refractivity contribution is 5.92. The van der Waals surface area contributed by atoms with Gasteiger partial charge in [0.05, 0.1) is 29.6 Å². The molecule has 1 amide bonds. The Bertz CT molecular complexity index is 1270. The van der Waals surface area contributed by atoms with Gasteiger partial charge in [-0.2, -0.15) is 13.2 Å². The molecule has 0 spiro atoms. The summed E-state index contributed by atoms with van der Waals surface area (Å²) >= 11 is 0. The third-order valence-corrected chi connectivity index (χ3v) is 5.42. The van der Waals surface area contributed by atoms with Crippen molar-refractivity contribution in [3.8, 4) is 11.1 Å². The lowest BCUT2D eigenvalue weighted by atomic mass is 10.0. The zero-order valence-electron chi connectivity index (χ0n) is 21.3. The first-order chi connectivity index (χ1) is 18.2. The van der Waals surface area contributed by atoms with Crippen LogP contribution in [-0.4, -0.2) is 47.8 Å². The highest BCUT2D eigenvalue weighted by Gasteiger charge is 2.33.